The molecule has 7 nitrogen and oxygen atoms in total. The molecule has 1 aromatic carbocycles. The lowest BCUT2D eigenvalue weighted by Gasteiger charge is -2.39. The number of benzene rings is 1. The van der Waals surface area contributed by atoms with Gasteiger partial charge in [0.2, 0.25) is 11.8 Å². The molecule has 0 saturated carbocycles. The number of hydrogen-bond acceptors (Lipinski definition) is 4. The summed E-state index contributed by atoms with van der Waals surface area (Å²) < 4.78 is 5.51. The van der Waals surface area contributed by atoms with Gasteiger partial charge in [-0.25, -0.2) is 4.79 Å². The second kappa shape index (κ2) is 15.9. The molecular formula is C32H55N3O4. The molecule has 0 bridgehead atoms. The normalized spacial score (nSPS) is 14.1. The highest BCUT2D eigenvalue weighted by Gasteiger charge is 2.39. The number of rotatable bonds is 14. The van der Waals surface area contributed by atoms with Crippen molar-refractivity contribution in [3.05, 3.63) is 34.9 Å². The summed E-state index contributed by atoms with van der Waals surface area (Å²) in [7, 11) is 0. The number of aryl methyl sites for hydroxylation is 2. The van der Waals surface area contributed by atoms with Gasteiger partial charge >= 0.3 is 6.09 Å². The third-order valence-electron chi connectivity index (χ3n) is 6.79. The van der Waals surface area contributed by atoms with Crippen LogP contribution < -0.4 is 10.6 Å². The van der Waals surface area contributed by atoms with Gasteiger partial charge in [0, 0.05) is 12.6 Å². The quantitative estimate of drug-likeness (QED) is 0.250. The van der Waals surface area contributed by atoms with E-state index in [1.807, 2.05) is 52.8 Å². The Morgan fingerprint density at radius 3 is 2.10 bits per heavy atom. The summed E-state index contributed by atoms with van der Waals surface area (Å²) in [5, 5.41) is 5.92. The zero-order chi connectivity index (χ0) is 29.9. The van der Waals surface area contributed by atoms with Gasteiger partial charge < -0.3 is 20.3 Å². The lowest BCUT2D eigenvalue weighted by Crippen LogP contribution is -2.56. The van der Waals surface area contributed by atoms with E-state index in [4.69, 9.17) is 4.74 Å². The average Bonchev–Trinajstić information content (AvgIpc) is 2.80. The van der Waals surface area contributed by atoms with Crippen molar-refractivity contribution in [1.82, 2.24) is 15.5 Å². The van der Waals surface area contributed by atoms with Crippen molar-refractivity contribution in [3.63, 3.8) is 0 Å². The van der Waals surface area contributed by atoms with Crippen molar-refractivity contribution in [1.29, 1.82) is 0 Å². The van der Waals surface area contributed by atoms with Gasteiger partial charge in [-0.3, -0.25) is 9.59 Å². The number of nitrogens with zero attached hydrogens (tertiary/aromatic N) is 1. The van der Waals surface area contributed by atoms with Crippen LogP contribution in [0.2, 0.25) is 0 Å². The molecule has 3 unspecified atom stereocenters. The first-order valence-electron chi connectivity index (χ1n) is 14.7. The van der Waals surface area contributed by atoms with E-state index in [0.717, 1.165) is 42.4 Å². The standard InChI is InChI=1S/C32H55N3O4/c1-12-13-18-33-29(36)28(26-17-15-23(6)24(7)20-26)35(25(8)16-14-21(2)3)30(37)27(19-22(4)5)34-31(38)39-32(9,10)11/h15,17,20-22,25,27-28H,12-14,16,18-19H2,1-11H3,(H,33,36)(H,34,38). The van der Waals surface area contributed by atoms with Gasteiger partial charge in [-0.05, 0) is 95.8 Å². The Balaban J connectivity index is 3.63. The maximum Gasteiger partial charge on any atom is 0.408 e. The summed E-state index contributed by atoms with van der Waals surface area (Å²) in [5.41, 5.74) is 2.27. The van der Waals surface area contributed by atoms with Crippen LogP contribution in [0.15, 0.2) is 18.2 Å². The highest BCUT2D eigenvalue weighted by molar-refractivity contribution is 5.92. The zero-order valence-electron chi connectivity index (χ0n) is 26.4. The van der Waals surface area contributed by atoms with Gasteiger partial charge in [-0.2, -0.15) is 0 Å². The van der Waals surface area contributed by atoms with E-state index >= 15 is 0 Å². The van der Waals surface area contributed by atoms with Crippen molar-refractivity contribution in [2.24, 2.45) is 11.8 Å². The largest absolute Gasteiger partial charge is 0.444 e. The van der Waals surface area contributed by atoms with Crippen LogP contribution in [0.1, 0.15) is 117 Å². The number of alkyl carbamates (subject to hydrolysis) is 1. The molecule has 0 aliphatic carbocycles. The number of nitrogens with one attached hydrogen (secondary N) is 2. The first-order chi connectivity index (χ1) is 18.1. The Labute approximate surface area is 237 Å². The lowest BCUT2D eigenvalue weighted by molar-refractivity contribution is -0.145. The molecule has 1 aromatic rings. The van der Waals surface area contributed by atoms with Crippen LogP contribution in [0.5, 0.6) is 0 Å². The Kier molecular flexibility index (Phi) is 14.0. The summed E-state index contributed by atoms with van der Waals surface area (Å²) >= 11 is 0. The number of amides is 3. The van der Waals surface area contributed by atoms with Gasteiger partial charge in [-0.1, -0.05) is 59.2 Å². The van der Waals surface area contributed by atoms with E-state index in [2.05, 4.69) is 31.4 Å². The maximum atomic E-state index is 14.4. The minimum absolute atomic E-state index is 0.139. The molecule has 0 radical (unpaired) electrons. The summed E-state index contributed by atoms with van der Waals surface area (Å²) in [6.07, 6.45) is 3.27. The fourth-order valence-electron chi connectivity index (χ4n) is 4.49. The van der Waals surface area contributed by atoms with Crippen molar-refractivity contribution < 1.29 is 19.1 Å². The zero-order valence-corrected chi connectivity index (χ0v) is 26.4. The molecule has 222 valence electrons. The third-order valence-corrected chi connectivity index (χ3v) is 6.79. The molecule has 0 spiro atoms. The van der Waals surface area contributed by atoms with Crippen LogP contribution in [0.3, 0.4) is 0 Å². The van der Waals surface area contributed by atoms with Crippen LogP contribution in [-0.2, 0) is 14.3 Å². The summed E-state index contributed by atoms with van der Waals surface area (Å²) in [4.78, 5) is 42.8. The van der Waals surface area contributed by atoms with Crippen molar-refractivity contribution in [2.75, 3.05) is 6.54 Å². The molecule has 0 heterocycles. The Morgan fingerprint density at radius 2 is 1.59 bits per heavy atom. The fourth-order valence-corrected chi connectivity index (χ4v) is 4.49. The first-order valence-corrected chi connectivity index (χ1v) is 14.7. The highest BCUT2D eigenvalue weighted by Crippen LogP contribution is 2.29. The predicted octanol–water partition coefficient (Wildman–Crippen LogP) is 6.85. The SMILES string of the molecule is CCCCNC(=O)C(c1ccc(C)c(C)c1)N(C(=O)C(CC(C)C)NC(=O)OC(C)(C)C)C(C)CCC(C)C. The lowest BCUT2D eigenvalue weighted by atomic mass is 9.94. The molecule has 39 heavy (non-hydrogen) atoms. The van der Waals surface area contributed by atoms with Gasteiger partial charge in [-0.15, -0.1) is 0 Å². The van der Waals surface area contributed by atoms with Crippen molar-refractivity contribution in [3.8, 4) is 0 Å². The Morgan fingerprint density at radius 1 is 0.949 bits per heavy atom. The van der Waals surface area contributed by atoms with E-state index in [1.54, 1.807) is 25.7 Å². The molecule has 0 fully saturated rings. The van der Waals surface area contributed by atoms with Crippen LogP contribution >= 0.6 is 0 Å². The van der Waals surface area contributed by atoms with E-state index in [1.165, 1.54) is 0 Å². The van der Waals surface area contributed by atoms with Crippen LogP contribution in [0.25, 0.3) is 0 Å². The second-order valence-corrected chi connectivity index (χ2v) is 12.8. The molecule has 7 heteroatoms. The van der Waals surface area contributed by atoms with Gasteiger partial charge in [0.05, 0.1) is 0 Å². The van der Waals surface area contributed by atoms with E-state index in [-0.39, 0.29) is 23.8 Å². The van der Waals surface area contributed by atoms with Crippen molar-refractivity contribution in [2.45, 2.75) is 132 Å². The summed E-state index contributed by atoms with van der Waals surface area (Å²) in [6.45, 7) is 22.4. The summed E-state index contributed by atoms with van der Waals surface area (Å²) in [6, 6.07) is 4.10. The molecule has 3 amide bonds. The number of hydrogen-bond donors (Lipinski definition) is 2. The van der Waals surface area contributed by atoms with E-state index in [9.17, 15) is 14.4 Å². The molecule has 3 atom stereocenters. The third kappa shape index (κ3) is 12.0. The van der Waals surface area contributed by atoms with Gasteiger partial charge in [0.25, 0.3) is 0 Å². The fraction of sp³-hybridized carbons (Fsp3) is 0.719. The smallest absolute Gasteiger partial charge is 0.408 e. The predicted molar refractivity (Wildman–Crippen MR) is 160 cm³/mol. The molecule has 0 saturated heterocycles. The second-order valence-electron chi connectivity index (χ2n) is 12.8. The van der Waals surface area contributed by atoms with Crippen molar-refractivity contribution >= 4 is 17.9 Å². The molecule has 1 rings (SSSR count). The van der Waals surface area contributed by atoms with Crippen LogP contribution in [0, 0.1) is 25.7 Å². The number of carbonyl (C=O) groups is 3. The number of unbranched alkanes of at least 4 members (excludes halogenated alkanes) is 1. The highest BCUT2D eigenvalue weighted by atomic mass is 16.6. The Bertz CT molecular complexity index is 936. The molecule has 2 N–H and O–H groups in total. The molecule has 0 aliphatic rings. The van der Waals surface area contributed by atoms with Gasteiger partial charge in [0.15, 0.2) is 0 Å². The van der Waals surface area contributed by atoms with E-state index in [0.29, 0.717) is 18.9 Å². The minimum Gasteiger partial charge on any atom is -0.444 e. The maximum absolute atomic E-state index is 14.4. The first kappa shape index (κ1) is 34.5. The molecular weight excluding hydrogens is 490 g/mol. The van der Waals surface area contributed by atoms with Gasteiger partial charge in [0.1, 0.15) is 17.7 Å². The number of carbonyl (C=O) groups excluding carboxylic acids is 3. The molecule has 0 aromatic heterocycles. The van der Waals surface area contributed by atoms with Crippen LogP contribution in [-0.4, -0.2) is 47.0 Å². The van der Waals surface area contributed by atoms with E-state index < -0.39 is 23.8 Å². The monoisotopic (exact) mass is 545 g/mol. The van der Waals surface area contributed by atoms with Crippen LogP contribution in [0.4, 0.5) is 4.79 Å². The topological polar surface area (TPSA) is 87.7 Å². The minimum atomic E-state index is -0.821. The molecule has 0 aliphatic heterocycles. The Hall–Kier alpha value is -2.57. The average molecular weight is 546 g/mol. The summed E-state index contributed by atoms with van der Waals surface area (Å²) in [5.74, 6) is 0.131. The number of ether oxygens (including phenoxy) is 1.